The van der Waals surface area contributed by atoms with E-state index in [0.29, 0.717) is 36.3 Å². The van der Waals surface area contributed by atoms with Gasteiger partial charge in [0.25, 0.3) is 0 Å². The van der Waals surface area contributed by atoms with Crippen LogP contribution in [0.25, 0.3) is 49.9 Å². The van der Waals surface area contributed by atoms with Gasteiger partial charge >= 0.3 is 0 Å². The van der Waals surface area contributed by atoms with Crippen molar-refractivity contribution >= 4 is 38.9 Å². The summed E-state index contributed by atoms with van der Waals surface area (Å²) in [5, 5.41) is 2.16. The molecule has 0 unspecified atom stereocenters. The Morgan fingerprint density at radius 3 is 2.24 bits per heavy atom. The third-order valence-corrected chi connectivity index (χ3v) is 13.3. The van der Waals surface area contributed by atoms with Gasteiger partial charge in [-0.1, -0.05) is 152 Å². The maximum Gasteiger partial charge on any atom is 0.135 e. The normalized spacial score (nSPS) is 15.3. The number of pyridine rings is 1. The van der Waals surface area contributed by atoms with Crippen molar-refractivity contribution in [1.82, 2.24) is 9.55 Å². The second-order valence-electron chi connectivity index (χ2n) is 20.3. The molecule has 0 fully saturated rings. The summed E-state index contributed by atoms with van der Waals surface area (Å²) in [6, 6.07) is 59.2. The number of nitrogens with zero attached hydrogens (tertiary/aromatic N) is 4. The van der Waals surface area contributed by atoms with E-state index in [-0.39, 0.29) is 50.5 Å². The smallest absolute Gasteiger partial charge is 0.135 e. The third-order valence-electron chi connectivity index (χ3n) is 13.3. The van der Waals surface area contributed by atoms with E-state index < -0.39 is 26.0 Å². The molecule has 2 aromatic heterocycles. The van der Waals surface area contributed by atoms with Crippen LogP contribution in [0.1, 0.15) is 108 Å². The fourth-order valence-corrected chi connectivity index (χ4v) is 9.61. The Kier molecular flexibility index (Phi) is 11.5. The molecule has 7 aromatic carbocycles. The van der Waals surface area contributed by atoms with Gasteiger partial charge in [0.2, 0.25) is 0 Å². The van der Waals surface area contributed by atoms with E-state index in [2.05, 4.69) is 135 Å². The van der Waals surface area contributed by atoms with Crippen LogP contribution in [0.2, 0.25) is 0 Å². The van der Waals surface area contributed by atoms with E-state index in [4.69, 9.17) is 19.3 Å². The molecule has 0 aliphatic carbocycles. The second kappa shape index (κ2) is 20.7. The molecule has 0 atom stereocenters. The molecule has 364 valence electrons. The van der Waals surface area contributed by atoms with Gasteiger partial charge in [0.05, 0.1) is 6.61 Å². The van der Waals surface area contributed by atoms with Crippen LogP contribution in [-0.4, -0.2) is 16.1 Å². The third kappa shape index (κ3) is 10.6. The van der Waals surface area contributed by atoms with Crippen molar-refractivity contribution in [1.29, 1.82) is 0 Å². The van der Waals surface area contributed by atoms with Gasteiger partial charge in [0, 0.05) is 62.2 Å². The van der Waals surface area contributed by atoms with Crippen molar-refractivity contribution in [3.8, 4) is 33.8 Å². The first-order valence-corrected chi connectivity index (χ1v) is 24.3. The van der Waals surface area contributed by atoms with Gasteiger partial charge in [-0.3, -0.25) is 0 Å². The van der Waals surface area contributed by atoms with Crippen LogP contribution in [0.3, 0.4) is 0 Å². The summed E-state index contributed by atoms with van der Waals surface area (Å²) in [5.41, 5.74) is 11.2. The van der Waals surface area contributed by atoms with Crippen molar-refractivity contribution in [2.24, 2.45) is 5.89 Å². The van der Waals surface area contributed by atoms with E-state index >= 15 is 0 Å². The molecule has 0 radical (unpaired) electrons. The Hall–Kier alpha value is -6.42. The first-order valence-electron chi connectivity index (χ1n) is 28.8. The topological polar surface area (TPSA) is 33.5 Å². The molecular weight excluding hydrogens is 1050 g/mol. The summed E-state index contributed by atoms with van der Waals surface area (Å²) in [4.78, 5) is 9.12. The van der Waals surface area contributed by atoms with Crippen molar-refractivity contribution in [3.05, 3.63) is 211 Å². The molecule has 1 aliphatic heterocycles. The van der Waals surface area contributed by atoms with E-state index in [9.17, 15) is 2.74 Å². The minimum absolute atomic E-state index is 0. The van der Waals surface area contributed by atoms with E-state index in [1.54, 1.807) is 6.07 Å². The molecule has 6 heteroatoms. The monoisotopic (exact) mass is 1120 g/mol. The maximum absolute atomic E-state index is 9.47. The van der Waals surface area contributed by atoms with Crippen LogP contribution < -0.4 is 14.5 Å². The van der Waals surface area contributed by atoms with Gasteiger partial charge in [-0.05, 0) is 135 Å². The van der Waals surface area contributed by atoms with Gasteiger partial charge in [-0.2, -0.15) is 37.0 Å². The van der Waals surface area contributed by atoms with E-state index in [1.165, 1.54) is 11.6 Å². The zero-order chi connectivity index (χ0) is 56.3. The molecule has 0 N–H and O–H groups in total. The number of hydrogen-bond donors (Lipinski definition) is 0. The maximum atomic E-state index is 9.47. The van der Waals surface area contributed by atoms with Crippen LogP contribution >= 0.6 is 0 Å². The van der Waals surface area contributed by atoms with Crippen LogP contribution in [-0.2, 0) is 51.3 Å². The minimum atomic E-state index is -3.49. The molecule has 0 saturated carbocycles. The summed E-state index contributed by atoms with van der Waals surface area (Å²) in [7, 11) is 0. The van der Waals surface area contributed by atoms with Gasteiger partial charge in [0.15, 0.2) is 0 Å². The standard InChI is InChI=1S/C65H65N4O.Pt/c1-45(2)36-48-23-19-27-56(50-38-49(47-21-10-9-11-22-47)39-52(40-50)65(6,7)8)55(48)25-16-17-35-67-44-68(61-30-15-14-29-60(61)67)53-24-18-20-46(37-53)43-70-54-31-32-58-57-26-12-13-28-59(57)69(62(58)42-54)63-41-51(33-34-66-63)64(3,4)5;/h9-15,18-24,26-34,38-41,44-45H,16-17,25,35-36,43H2,1-8H3;/q-3;/i1D3,2D3,36D2,45D;. The molecule has 5 nitrogen and oxygen atoms in total. The van der Waals surface area contributed by atoms with Crippen LogP contribution in [0.4, 0.5) is 17.1 Å². The Morgan fingerprint density at radius 2 is 1.44 bits per heavy atom. The zero-order valence-corrected chi connectivity index (χ0v) is 43.5. The fraction of sp³-hybridized carbons (Fsp3) is 0.262. The van der Waals surface area contributed by atoms with Crippen LogP contribution in [0.15, 0.2) is 164 Å². The van der Waals surface area contributed by atoms with Crippen molar-refractivity contribution in [3.63, 3.8) is 0 Å². The Morgan fingerprint density at radius 1 is 0.690 bits per heavy atom. The largest absolute Gasteiger partial charge is 0.517 e. The molecule has 3 heterocycles. The zero-order valence-electron chi connectivity index (χ0n) is 50.2. The van der Waals surface area contributed by atoms with Gasteiger partial charge < -0.3 is 19.1 Å². The Balaban J connectivity index is 0.00000774. The Labute approximate surface area is 449 Å². The average molecular weight is 1120 g/mol. The summed E-state index contributed by atoms with van der Waals surface area (Å²) in [6.45, 7) is 8.89. The summed E-state index contributed by atoms with van der Waals surface area (Å²) in [5.74, 6) is -2.06. The van der Waals surface area contributed by atoms with Gasteiger partial charge in [-0.25, -0.2) is 4.98 Å². The molecule has 0 amide bonds. The molecule has 71 heavy (non-hydrogen) atoms. The first kappa shape index (κ1) is 39.2. The van der Waals surface area contributed by atoms with Crippen molar-refractivity contribution in [2.45, 2.75) is 98.3 Å². The molecule has 9 aromatic rings. The number of hydrogen-bond acceptors (Lipinski definition) is 4. The number of para-hydroxylation sites is 3. The quantitative estimate of drug-likeness (QED) is 0.0803. The van der Waals surface area contributed by atoms with E-state index in [0.717, 1.165) is 72.5 Å². The number of rotatable bonds is 14. The van der Waals surface area contributed by atoms with Gasteiger partial charge in [-0.15, -0.1) is 28.8 Å². The summed E-state index contributed by atoms with van der Waals surface area (Å²) >= 11 is 0. The van der Waals surface area contributed by atoms with Crippen LogP contribution in [0, 0.1) is 24.7 Å². The summed E-state index contributed by atoms with van der Waals surface area (Å²) in [6.07, 6.45) is 0.195. The Bertz CT molecular complexity index is 3680. The number of anilines is 3. The van der Waals surface area contributed by atoms with Crippen LogP contribution in [0.5, 0.6) is 5.75 Å². The fourth-order valence-electron chi connectivity index (χ4n) is 9.61. The number of fused-ring (bicyclic) bond motifs is 4. The van der Waals surface area contributed by atoms with E-state index in [1.807, 2.05) is 91.1 Å². The minimum Gasteiger partial charge on any atom is -0.517 e. The summed E-state index contributed by atoms with van der Waals surface area (Å²) < 4.78 is 86.7. The number of aromatic nitrogens is 2. The van der Waals surface area contributed by atoms with Gasteiger partial charge in [0.1, 0.15) is 5.82 Å². The molecule has 10 rings (SSSR count). The predicted molar refractivity (Wildman–Crippen MR) is 293 cm³/mol. The van der Waals surface area contributed by atoms with Crippen molar-refractivity contribution < 1.29 is 38.1 Å². The molecule has 0 saturated heterocycles. The molecule has 0 bridgehead atoms. The first-order chi connectivity index (χ1) is 37.3. The number of unbranched alkanes of at least 4 members (excludes halogenated alkanes) is 1. The molecule has 1 aliphatic rings. The second-order valence-corrected chi connectivity index (χ2v) is 20.3. The number of ether oxygens (including phenoxy) is 1. The molecular formula is C65H65N4OPt-3. The van der Waals surface area contributed by atoms with Crippen molar-refractivity contribution in [2.75, 3.05) is 16.3 Å². The average Bonchev–Trinajstić information content (AvgIpc) is 4.02. The SMILES string of the molecule is [2H]C([2H])([2H])C([2H])(C([2H])([2H])[2H])C([2H])([2H])c1cccc(-c2cc(-c3ccccc3)cc(C(C)(C)C)c2)c1CCCCN1[CH-]N(c2[c-]c(COc3[c-]c4c(cc3)c3ccccc3n4-c3cc(C(C)(C)C)ccn3)ccc2)c2ccccc21.[Pt]. The molecule has 0 spiro atoms. The number of benzene rings is 7. The predicted octanol–water partition coefficient (Wildman–Crippen LogP) is 16.6.